The number of carbonyl (C=O) groups excluding carboxylic acids is 2. The lowest BCUT2D eigenvalue weighted by Crippen LogP contribution is -2.63. The number of piperazine rings is 1. The first-order valence-electron chi connectivity index (χ1n) is 11.7. The van der Waals surface area contributed by atoms with E-state index in [9.17, 15) is 19.2 Å². The summed E-state index contributed by atoms with van der Waals surface area (Å²) in [6, 6.07) is 9.85. The maximum absolute atomic E-state index is 13.2. The molecule has 3 aromatic rings. The molecule has 1 saturated heterocycles. The number of hydrogen-bond donors (Lipinski definition) is 1. The number of aromatic nitrogens is 2. The average molecular weight is 528 g/mol. The van der Waals surface area contributed by atoms with Crippen molar-refractivity contribution in [3.05, 3.63) is 82.7 Å². The zero-order chi connectivity index (χ0) is 26.7. The predicted octanol–water partition coefficient (Wildman–Crippen LogP) is 3.86. The Morgan fingerprint density at radius 3 is 2.49 bits per heavy atom. The van der Waals surface area contributed by atoms with Gasteiger partial charge in [-0.3, -0.25) is 14.5 Å². The van der Waals surface area contributed by atoms with Crippen molar-refractivity contribution in [2.45, 2.75) is 32.4 Å². The molecule has 1 atom stereocenters. The van der Waals surface area contributed by atoms with E-state index in [1.165, 1.54) is 42.7 Å². The summed E-state index contributed by atoms with van der Waals surface area (Å²) < 4.78 is 19.2. The van der Waals surface area contributed by atoms with E-state index in [0.717, 1.165) is 6.20 Å². The maximum atomic E-state index is 13.2. The summed E-state index contributed by atoms with van der Waals surface area (Å²) in [4.78, 5) is 34.1. The molecule has 1 aliphatic rings. The van der Waals surface area contributed by atoms with Gasteiger partial charge in [0.15, 0.2) is 12.4 Å². The summed E-state index contributed by atoms with van der Waals surface area (Å²) in [6.45, 7) is 6.97. The smallest absolute Gasteiger partial charge is 0.256 e. The van der Waals surface area contributed by atoms with Crippen LogP contribution in [0.4, 0.5) is 10.2 Å². The van der Waals surface area contributed by atoms with Crippen LogP contribution in [0.1, 0.15) is 31.1 Å². The lowest BCUT2D eigenvalue weighted by molar-refractivity contribution is -0.605. The molecule has 1 fully saturated rings. The van der Waals surface area contributed by atoms with Gasteiger partial charge in [-0.15, -0.1) is 0 Å². The third kappa shape index (κ3) is 6.15. The first kappa shape index (κ1) is 26.3. The van der Waals surface area contributed by atoms with Crippen molar-refractivity contribution in [3.63, 3.8) is 0 Å². The van der Waals surface area contributed by atoms with Crippen LogP contribution in [0.2, 0.25) is 5.02 Å². The number of benzene rings is 1. The zero-order valence-electron chi connectivity index (χ0n) is 20.6. The summed E-state index contributed by atoms with van der Waals surface area (Å²) in [6.07, 6.45) is 3.87. The molecule has 2 aromatic heterocycles. The van der Waals surface area contributed by atoms with E-state index in [4.69, 9.17) is 16.3 Å². The van der Waals surface area contributed by atoms with Gasteiger partial charge in [0.05, 0.1) is 23.3 Å². The average Bonchev–Trinajstić information content (AvgIpc) is 2.85. The third-order valence-corrected chi connectivity index (χ3v) is 6.56. The molecule has 2 amide bonds. The minimum atomic E-state index is -0.589. The van der Waals surface area contributed by atoms with E-state index in [-0.39, 0.29) is 28.2 Å². The highest BCUT2D eigenvalue weighted by atomic mass is 35.5. The monoisotopic (exact) mass is 527 g/mol. The molecule has 1 N–H and O–H groups in total. The fourth-order valence-electron chi connectivity index (χ4n) is 4.22. The Bertz CT molecular complexity index is 1290. The Hall–Kier alpha value is -3.76. The fraction of sp³-hybridized carbons (Fsp3) is 0.308. The van der Waals surface area contributed by atoms with Gasteiger partial charge in [0, 0.05) is 25.7 Å². The van der Waals surface area contributed by atoms with E-state index in [2.05, 4.69) is 10.3 Å². The number of nitrogens with zero attached hydrogens (tertiary/aromatic N) is 4. The summed E-state index contributed by atoms with van der Waals surface area (Å²) in [5.41, 5.74) is -0.326. The number of halogens is 2. The second-order valence-electron chi connectivity index (χ2n) is 9.41. The number of pyridine rings is 2. The van der Waals surface area contributed by atoms with Crippen molar-refractivity contribution < 1.29 is 23.4 Å². The number of ether oxygens (including phenoxy) is 1. The number of nitrogens with one attached hydrogen (secondary N) is 1. The van der Waals surface area contributed by atoms with Crippen molar-refractivity contribution in [2.24, 2.45) is 0 Å². The molecule has 9 nitrogen and oxygen atoms in total. The Labute approximate surface area is 219 Å². The molecule has 11 heteroatoms. The van der Waals surface area contributed by atoms with Gasteiger partial charge in [0.2, 0.25) is 5.91 Å². The lowest BCUT2D eigenvalue weighted by atomic mass is 9.96. The molecule has 0 bridgehead atoms. The Kier molecular flexibility index (Phi) is 7.60. The minimum Gasteiger partial charge on any atom is -0.619 e. The standard InChI is InChI=1S/C26H27ClFN5O4/c1-17(24(34)30-23-9-8-20(14-29-23)37-19-6-4-18(28)5-7-19)31-12-13-33(26(2,3)16-31)25(35)21-10-11-32(36)15-22(21)27/h4-11,14-15,17H,12-13,16H2,1-3H3,(H,29,30,34). The number of amides is 2. The van der Waals surface area contributed by atoms with Crippen LogP contribution in [0, 0.1) is 11.0 Å². The lowest BCUT2D eigenvalue weighted by Gasteiger charge is -2.48. The van der Waals surface area contributed by atoms with Crippen LogP contribution < -0.4 is 14.8 Å². The molecule has 4 rings (SSSR count). The molecule has 0 spiro atoms. The second kappa shape index (κ2) is 10.7. The first-order chi connectivity index (χ1) is 17.5. The van der Waals surface area contributed by atoms with Gasteiger partial charge in [-0.25, -0.2) is 9.37 Å². The molecule has 1 aliphatic heterocycles. The summed E-state index contributed by atoms with van der Waals surface area (Å²) in [5.74, 6) is 0.431. The van der Waals surface area contributed by atoms with Crippen LogP contribution in [-0.2, 0) is 4.79 Å². The van der Waals surface area contributed by atoms with Crippen molar-refractivity contribution in [1.82, 2.24) is 14.8 Å². The summed E-state index contributed by atoms with van der Waals surface area (Å²) in [5, 5.41) is 14.3. The largest absolute Gasteiger partial charge is 0.619 e. The van der Waals surface area contributed by atoms with E-state index in [1.54, 1.807) is 24.0 Å². The molecule has 37 heavy (non-hydrogen) atoms. The number of carbonyl (C=O) groups is 2. The predicted molar refractivity (Wildman–Crippen MR) is 136 cm³/mol. The van der Waals surface area contributed by atoms with E-state index < -0.39 is 11.6 Å². The second-order valence-corrected chi connectivity index (χ2v) is 9.81. The van der Waals surface area contributed by atoms with E-state index in [1.807, 2.05) is 18.7 Å². The van der Waals surface area contributed by atoms with Gasteiger partial charge in [0.25, 0.3) is 5.91 Å². The Morgan fingerprint density at radius 2 is 1.86 bits per heavy atom. The van der Waals surface area contributed by atoms with E-state index in [0.29, 0.717) is 41.7 Å². The van der Waals surface area contributed by atoms with Crippen molar-refractivity contribution in [2.75, 3.05) is 25.0 Å². The quantitative estimate of drug-likeness (QED) is 0.386. The molecular formula is C26H27ClFN5O4. The minimum absolute atomic E-state index is 0.0926. The topological polar surface area (TPSA) is 102 Å². The van der Waals surface area contributed by atoms with Crippen LogP contribution in [0.3, 0.4) is 0 Å². The van der Waals surface area contributed by atoms with Crippen LogP contribution >= 0.6 is 11.6 Å². The van der Waals surface area contributed by atoms with Crippen LogP contribution in [0.25, 0.3) is 0 Å². The van der Waals surface area contributed by atoms with Crippen molar-refractivity contribution in [1.29, 1.82) is 0 Å². The molecule has 194 valence electrons. The zero-order valence-corrected chi connectivity index (χ0v) is 21.4. The number of hydrogen-bond acceptors (Lipinski definition) is 6. The van der Waals surface area contributed by atoms with Crippen molar-refractivity contribution in [3.8, 4) is 11.5 Å². The molecule has 1 aromatic carbocycles. The molecular weight excluding hydrogens is 501 g/mol. The van der Waals surface area contributed by atoms with Crippen LogP contribution in [-0.4, -0.2) is 57.8 Å². The highest BCUT2D eigenvalue weighted by molar-refractivity contribution is 6.33. The SMILES string of the molecule is CC(C(=O)Nc1ccc(Oc2ccc(F)cc2)cn1)N1CCN(C(=O)c2cc[n+]([O-])cc2Cl)C(C)(C)C1. The van der Waals surface area contributed by atoms with Gasteiger partial charge in [-0.1, -0.05) is 11.6 Å². The van der Waals surface area contributed by atoms with Gasteiger partial charge < -0.3 is 20.2 Å². The summed E-state index contributed by atoms with van der Waals surface area (Å²) >= 11 is 6.13. The first-order valence-corrected chi connectivity index (χ1v) is 12.1. The highest BCUT2D eigenvalue weighted by Gasteiger charge is 2.40. The Balaban J connectivity index is 1.35. The highest BCUT2D eigenvalue weighted by Crippen LogP contribution is 2.27. The number of rotatable bonds is 6. The van der Waals surface area contributed by atoms with Gasteiger partial charge in [-0.05, 0) is 57.2 Å². The van der Waals surface area contributed by atoms with E-state index >= 15 is 0 Å². The van der Waals surface area contributed by atoms with Crippen LogP contribution in [0.15, 0.2) is 61.1 Å². The summed E-state index contributed by atoms with van der Waals surface area (Å²) in [7, 11) is 0. The van der Waals surface area contributed by atoms with Gasteiger partial charge >= 0.3 is 0 Å². The Morgan fingerprint density at radius 1 is 1.16 bits per heavy atom. The molecule has 1 unspecified atom stereocenters. The normalized spacial score (nSPS) is 16.2. The third-order valence-electron chi connectivity index (χ3n) is 6.26. The molecule has 0 aliphatic carbocycles. The van der Waals surface area contributed by atoms with Crippen LogP contribution in [0.5, 0.6) is 11.5 Å². The number of anilines is 1. The maximum Gasteiger partial charge on any atom is 0.256 e. The van der Waals surface area contributed by atoms with Gasteiger partial charge in [-0.2, -0.15) is 4.73 Å². The van der Waals surface area contributed by atoms with Crippen molar-refractivity contribution >= 4 is 29.2 Å². The van der Waals surface area contributed by atoms with Gasteiger partial charge in [0.1, 0.15) is 28.2 Å². The molecule has 0 saturated carbocycles. The fourth-order valence-corrected chi connectivity index (χ4v) is 4.46. The molecule has 3 heterocycles. The molecule has 0 radical (unpaired) electrons.